The van der Waals surface area contributed by atoms with Gasteiger partial charge in [0, 0.05) is 12.2 Å². The van der Waals surface area contributed by atoms with Crippen molar-refractivity contribution in [3.05, 3.63) is 30.1 Å². The van der Waals surface area contributed by atoms with Gasteiger partial charge in [-0.2, -0.15) is 0 Å². The molecule has 5 heteroatoms. The Hall–Kier alpha value is -0.970. The maximum atomic E-state index is 11.7. The molecule has 1 aliphatic heterocycles. The summed E-state index contributed by atoms with van der Waals surface area (Å²) in [5.74, 6) is 0.0686. The van der Waals surface area contributed by atoms with Crippen molar-refractivity contribution in [2.75, 3.05) is 19.6 Å². The molecule has 0 atom stereocenters. The minimum absolute atomic E-state index is 0. The van der Waals surface area contributed by atoms with Gasteiger partial charge in [-0.3, -0.25) is 9.78 Å². The Kier molecular flexibility index (Phi) is 6.11. The monoisotopic (exact) mass is 255 g/mol. The van der Waals surface area contributed by atoms with E-state index in [-0.39, 0.29) is 18.2 Å². The first-order valence-electron chi connectivity index (χ1n) is 5.74. The first-order chi connectivity index (χ1) is 7.86. The molecular weight excluding hydrogens is 238 g/mol. The standard InChI is InChI=1S/C12H17N3O.ClH/c16-12(11-3-1-2-6-14-11)9-15-10-4-7-13-8-5-10;/h1-3,6,10,13,15H,4-5,7-9H2;1H. The number of pyridine rings is 1. The van der Waals surface area contributed by atoms with Crippen LogP contribution in [0.15, 0.2) is 24.4 Å². The van der Waals surface area contributed by atoms with Crippen LogP contribution in [-0.4, -0.2) is 36.4 Å². The van der Waals surface area contributed by atoms with E-state index < -0.39 is 0 Å². The second-order valence-corrected chi connectivity index (χ2v) is 4.04. The van der Waals surface area contributed by atoms with Gasteiger partial charge in [0.1, 0.15) is 5.69 Å². The van der Waals surface area contributed by atoms with Crippen LogP contribution >= 0.6 is 12.4 Å². The van der Waals surface area contributed by atoms with Crippen molar-refractivity contribution in [3.63, 3.8) is 0 Å². The van der Waals surface area contributed by atoms with E-state index in [9.17, 15) is 4.79 Å². The number of nitrogens with zero attached hydrogens (tertiary/aromatic N) is 1. The van der Waals surface area contributed by atoms with Gasteiger partial charge in [-0.05, 0) is 38.1 Å². The normalized spacial score (nSPS) is 16.2. The average molecular weight is 256 g/mol. The third-order valence-corrected chi connectivity index (χ3v) is 2.84. The van der Waals surface area contributed by atoms with Crippen LogP contribution in [0.1, 0.15) is 23.3 Å². The molecule has 0 spiro atoms. The minimum Gasteiger partial charge on any atom is -0.317 e. The SMILES string of the molecule is Cl.O=C(CNC1CCNCC1)c1ccccn1. The quantitative estimate of drug-likeness (QED) is 0.789. The van der Waals surface area contributed by atoms with E-state index in [1.54, 1.807) is 12.3 Å². The van der Waals surface area contributed by atoms with Gasteiger partial charge in [-0.15, -0.1) is 12.4 Å². The minimum atomic E-state index is 0. The molecule has 0 aromatic carbocycles. The number of hydrogen-bond donors (Lipinski definition) is 2. The largest absolute Gasteiger partial charge is 0.317 e. The zero-order chi connectivity index (χ0) is 11.2. The number of ketones is 1. The molecule has 0 saturated carbocycles. The predicted octanol–water partition coefficient (Wildman–Crippen LogP) is 1.03. The zero-order valence-corrected chi connectivity index (χ0v) is 10.5. The maximum absolute atomic E-state index is 11.7. The molecule has 1 aromatic heterocycles. The molecule has 0 unspecified atom stereocenters. The number of halogens is 1. The van der Waals surface area contributed by atoms with Crippen LogP contribution < -0.4 is 10.6 Å². The predicted molar refractivity (Wildman–Crippen MR) is 69.7 cm³/mol. The second-order valence-electron chi connectivity index (χ2n) is 4.04. The summed E-state index contributed by atoms with van der Waals surface area (Å²) in [5.41, 5.74) is 0.545. The zero-order valence-electron chi connectivity index (χ0n) is 9.69. The summed E-state index contributed by atoms with van der Waals surface area (Å²) < 4.78 is 0. The van der Waals surface area contributed by atoms with E-state index in [0.29, 0.717) is 18.3 Å². The number of rotatable bonds is 4. The summed E-state index contributed by atoms with van der Waals surface area (Å²) in [7, 11) is 0. The van der Waals surface area contributed by atoms with E-state index in [0.717, 1.165) is 25.9 Å². The van der Waals surface area contributed by atoms with E-state index in [4.69, 9.17) is 0 Å². The average Bonchev–Trinajstić information content (AvgIpc) is 2.38. The van der Waals surface area contributed by atoms with Gasteiger partial charge in [-0.1, -0.05) is 6.07 Å². The number of Topliss-reactive ketones (excluding diaryl/α,β-unsaturated/α-hetero) is 1. The Labute approximate surface area is 108 Å². The van der Waals surface area contributed by atoms with Crippen LogP contribution in [0.2, 0.25) is 0 Å². The fourth-order valence-electron chi connectivity index (χ4n) is 1.88. The van der Waals surface area contributed by atoms with Crippen molar-refractivity contribution >= 4 is 18.2 Å². The molecule has 0 aliphatic carbocycles. The second kappa shape index (κ2) is 7.37. The number of aromatic nitrogens is 1. The number of piperidine rings is 1. The molecule has 0 amide bonds. The third kappa shape index (κ3) is 4.42. The summed E-state index contributed by atoms with van der Waals surface area (Å²) in [6.07, 6.45) is 3.84. The van der Waals surface area contributed by atoms with E-state index >= 15 is 0 Å². The van der Waals surface area contributed by atoms with Crippen molar-refractivity contribution in [1.82, 2.24) is 15.6 Å². The Balaban J connectivity index is 0.00000144. The number of nitrogens with one attached hydrogen (secondary N) is 2. The highest BCUT2D eigenvalue weighted by Gasteiger charge is 2.14. The molecule has 2 heterocycles. The van der Waals surface area contributed by atoms with Crippen molar-refractivity contribution in [1.29, 1.82) is 0 Å². The Morgan fingerprint density at radius 1 is 1.41 bits per heavy atom. The van der Waals surface area contributed by atoms with Gasteiger partial charge in [0.15, 0.2) is 5.78 Å². The maximum Gasteiger partial charge on any atom is 0.194 e. The Morgan fingerprint density at radius 2 is 2.18 bits per heavy atom. The van der Waals surface area contributed by atoms with Crippen LogP contribution in [0.5, 0.6) is 0 Å². The van der Waals surface area contributed by atoms with Crippen LogP contribution in [0, 0.1) is 0 Å². The summed E-state index contributed by atoms with van der Waals surface area (Å²) in [6, 6.07) is 5.88. The molecule has 4 nitrogen and oxygen atoms in total. The highest BCUT2D eigenvalue weighted by atomic mass is 35.5. The molecule has 1 aromatic rings. The van der Waals surface area contributed by atoms with Crippen LogP contribution in [-0.2, 0) is 0 Å². The molecule has 0 radical (unpaired) electrons. The van der Waals surface area contributed by atoms with E-state index in [1.807, 2.05) is 12.1 Å². The van der Waals surface area contributed by atoms with Gasteiger partial charge in [0.2, 0.25) is 0 Å². The van der Waals surface area contributed by atoms with Crippen LogP contribution in [0.25, 0.3) is 0 Å². The molecule has 1 fully saturated rings. The Bertz CT molecular complexity index is 339. The molecule has 2 N–H and O–H groups in total. The van der Waals surface area contributed by atoms with Gasteiger partial charge in [0.25, 0.3) is 0 Å². The fraction of sp³-hybridized carbons (Fsp3) is 0.500. The van der Waals surface area contributed by atoms with Gasteiger partial charge < -0.3 is 10.6 Å². The first-order valence-corrected chi connectivity index (χ1v) is 5.74. The third-order valence-electron chi connectivity index (χ3n) is 2.84. The van der Waals surface area contributed by atoms with Crippen LogP contribution in [0.4, 0.5) is 0 Å². The number of hydrogen-bond acceptors (Lipinski definition) is 4. The Morgan fingerprint density at radius 3 is 2.82 bits per heavy atom. The smallest absolute Gasteiger partial charge is 0.194 e. The van der Waals surface area contributed by atoms with Crippen molar-refractivity contribution < 1.29 is 4.79 Å². The molecule has 0 bridgehead atoms. The van der Waals surface area contributed by atoms with Crippen LogP contribution in [0.3, 0.4) is 0 Å². The highest BCUT2D eigenvalue weighted by molar-refractivity contribution is 5.95. The van der Waals surface area contributed by atoms with E-state index in [1.165, 1.54) is 0 Å². The van der Waals surface area contributed by atoms with Gasteiger partial charge in [-0.25, -0.2) is 0 Å². The van der Waals surface area contributed by atoms with E-state index in [2.05, 4.69) is 15.6 Å². The lowest BCUT2D eigenvalue weighted by Crippen LogP contribution is -2.42. The van der Waals surface area contributed by atoms with Gasteiger partial charge in [0.05, 0.1) is 6.54 Å². The number of carbonyl (C=O) groups excluding carboxylic acids is 1. The highest BCUT2D eigenvalue weighted by Crippen LogP contribution is 2.02. The van der Waals surface area contributed by atoms with Gasteiger partial charge >= 0.3 is 0 Å². The first kappa shape index (κ1) is 14.1. The number of carbonyl (C=O) groups is 1. The summed E-state index contributed by atoms with van der Waals surface area (Å²) in [5, 5.41) is 6.59. The molecule has 2 rings (SSSR count). The lowest BCUT2D eigenvalue weighted by molar-refractivity contribution is 0.0980. The molecular formula is C12H18ClN3O. The molecule has 1 aliphatic rings. The molecule has 94 valence electrons. The summed E-state index contributed by atoms with van der Waals surface area (Å²) in [6.45, 7) is 2.46. The summed E-state index contributed by atoms with van der Waals surface area (Å²) in [4.78, 5) is 15.8. The lowest BCUT2D eigenvalue weighted by Gasteiger charge is -2.23. The van der Waals surface area contributed by atoms with Crippen molar-refractivity contribution in [2.24, 2.45) is 0 Å². The fourth-order valence-corrected chi connectivity index (χ4v) is 1.88. The van der Waals surface area contributed by atoms with Crippen molar-refractivity contribution in [3.8, 4) is 0 Å². The lowest BCUT2D eigenvalue weighted by atomic mass is 10.1. The van der Waals surface area contributed by atoms with Crippen molar-refractivity contribution in [2.45, 2.75) is 18.9 Å². The molecule has 17 heavy (non-hydrogen) atoms. The summed E-state index contributed by atoms with van der Waals surface area (Å²) >= 11 is 0. The molecule has 1 saturated heterocycles. The topological polar surface area (TPSA) is 54.0 Å².